The summed E-state index contributed by atoms with van der Waals surface area (Å²) in [4.78, 5) is 22.7. The Morgan fingerprint density at radius 2 is 1.95 bits per heavy atom. The van der Waals surface area contributed by atoms with E-state index in [1.807, 2.05) is 30.3 Å². The molecule has 1 fully saturated rings. The topological polar surface area (TPSA) is 92.4 Å². The molecule has 0 bridgehead atoms. The zero-order valence-corrected chi connectivity index (χ0v) is 11.3. The molecule has 0 spiro atoms. The zero-order valence-electron chi connectivity index (χ0n) is 11.3. The van der Waals surface area contributed by atoms with Crippen LogP contribution in [-0.4, -0.2) is 23.5 Å². The van der Waals surface area contributed by atoms with Crippen molar-refractivity contribution in [2.75, 3.05) is 6.54 Å². The number of aliphatic carboxylic acids is 1. The van der Waals surface area contributed by atoms with Gasteiger partial charge in [-0.15, -0.1) is 0 Å². The number of hydrogen-bond donors (Lipinski definition) is 3. The summed E-state index contributed by atoms with van der Waals surface area (Å²) in [5.41, 5.74) is 6.30. The summed E-state index contributed by atoms with van der Waals surface area (Å²) in [6.07, 6.45) is 2.15. The van der Waals surface area contributed by atoms with Gasteiger partial charge in [-0.05, 0) is 24.8 Å². The van der Waals surface area contributed by atoms with Crippen LogP contribution in [-0.2, 0) is 9.59 Å². The molecule has 0 radical (unpaired) electrons. The van der Waals surface area contributed by atoms with Gasteiger partial charge in [0.05, 0.1) is 5.41 Å². The van der Waals surface area contributed by atoms with Gasteiger partial charge in [-0.1, -0.05) is 30.3 Å². The lowest BCUT2D eigenvalue weighted by Crippen LogP contribution is -2.34. The highest BCUT2D eigenvalue weighted by Gasteiger charge is 2.50. The van der Waals surface area contributed by atoms with E-state index in [4.69, 9.17) is 10.8 Å². The molecule has 1 aromatic rings. The van der Waals surface area contributed by atoms with Crippen LogP contribution in [0.3, 0.4) is 0 Å². The van der Waals surface area contributed by atoms with Crippen LogP contribution in [0.15, 0.2) is 30.3 Å². The van der Waals surface area contributed by atoms with Crippen molar-refractivity contribution in [1.82, 2.24) is 5.32 Å². The molecular weight excluding hydrogens is 256 g/mol. The molecule has 0 heterocycles. The van der Waals surface area contributed by atoms with Crippen LogP contribution >= 0.6 is 0 Å². The predicted molar refractivity (Wildman–Crippen MR) is 74.9 cm³/mol. The minimum atomic E-state index is -0.821. The van der Waals surface area contributed by atoms with Crippen LogP contribution in [0, 0.1) is 5.41 Å². The normalized spacial score (nSPS) is 17.2. The van der Waals surface area contributed by atoms with E-state index < -0.39 is 11.4 Å². The molecule has 1 saturated carbocycles. The molecular formula is C15H20N2O3. The zero-order chi connectivity index (χ0) is 14.6. The van der Waals surface area contributed by atoms with Gasteiger partial charge in [0.1, 0.15) is 0 Å². The lowest BCUT2D eigenvalue weighted by molar-refractivity contribution is -0.143. The van der Waals surface area contributed by atoms with Crippen LogP contribution < -0.4 is 11.1 Å². The van der Waals surface area contributed by atoms with Crippen molar-refractivity contribution in [2.24, 2.45) is 11.1 Å². The monoisotopic (exact) mass is 276 g/mol. The van der Waals surface area contributed by atoms with E-state index in [2.05, 4.69) is 5.32 Å². The van der Waals surface area contributed by atoms with Crippen molar-refractivity contribution in [3.05, 3.63) is 35.9 Å². The van der Waals surface area contributed by atoms with Crippen molar-refractivity contribution in [1.29, 1.82) is 0 Å². The second kappa shape index (κ2) is 6.05. The number of rotatable bonds is 7. The van der Waals surface area contributed by atoms with Crippen molar-refractivity contribution < 1.29 is 14.7 Å². The molecule has 1 aromatic carbocycles. The fourth-order valence-electron chi connectivity index (χ4n) is 2.13. The molecule has 0 aliphatic heterocycles. The number of carbonyl (C=O) groups excluding carboxylic acids is 1. The summed E-state index contributed by atoms with van der Waals surface area (Å²) < 4.78 is 0. The molecule has 0 aromatic heterocycles. The number of carboxylic acids is 1. The summed E-state index contributed by atoms with van der Waals surface area (Å²) in [6.45, 7) is 0.224. The van der Waals surface area contributed by atoms with Crippen molar-refractivity contribution in [2.45, 2.75) is 31.7 Å². The highest BCUT2D eigenvalue weighted by Crippen LogP contribution is 2.45. The predicted octanol–water partition coefficient (Wildman–Crippen LogP) is 1.45. The summed E-state index contributed by atoms with van der Waals surface area (Å²) in [5.74, 6) is -0.956. The van der Waals surface area contributed by atoms with Gasteiger partial charge in [-0.2, -0.15) is 0 Å². The molecule has 1 aliphatic carbocycles. The van der Waals surface area contributed by atoms with Crippen molar-refractivity contribution in [3.8, 4) is 0 Å². The van der Waals surface area contributed by atoms with E-state index in [-0.39, 0.29) is 18.5 Å². The number of benzene rings is 1. The van der Waals surface area contributed by atoms with E-state index in [1.54, 1.807) is 0 Å². The number of carboxylic acid groups (broad SMARTS) is 1. The fraction of sp³-hybridized carbons (Fsp3) is 0.467. The molecule has 0 saturated heterocycles. The Morgan fingerprint density at radius 1 is 1.30 bits per heavy atom. The van der Waals surface area contributed by atoms with Gasteiger partial charge < -0.3 is 16.2 Å². The Labute approximate surface area is 118 Å². The Morgan fingerprint density at radius 3 is 2.50 bits per heavy atom. The first-order chi connectivity index (χ1) is 9.53. The van der Waals surface area contributed by atoms with Gasteiger partial charge >= 0.3 is 5.97 Å². The molecule has 4 N–H and O–H groups in total. The third-order valence-electron chi connectivity index (χ3n) is 3.84. The van der Waals surface area contributed by atoms with Crippen LogP contribution in [0.2, 0.25) is 0 Å². The van der Waals surface area contributed by atoms with E-state index in [0.717, 1.165) is 5.56 Å². The molecule has 1 unspecified atom stereocenters. The maximum Gasteiger partial charge on any atom is 0.311 e. The third kappa shape index (κ3) is 3.57. The van der Waals surface area contributed by atoms with Gasteiger partial charge in [0.2, 0.25) is 5.91 Å². The number of nitrogens with two attached hydrogens (primary N) is 1. The first-order valence-electron chi connectivity index (χ1n) is 6.84. The van der Waals surface area contributed by atoms with Gasteiger partial charge in [-0.3, -0.25) is 9.59 Å². The number of hydrogen-bond acceptors (Lipinski definition) is 3. The van der Waals surface area contributed by atoms with Crippen LogP contribution in [0.5, 0.6) is 0 Å². The Kier molecular flexibility index (Phi) is 4.39. The minimum absolute atomic E-state index is 0.135. The second-order valence-electron chi connectivity index (χ2n) is 5.42. The smallest absolute Gasteiger partial charge is 0.311 e. The minimum Gasteiger partial charge on any atom is -0.481 e. The molecule has 20 heavy (non-hydrogen) atoms. The lowest BCUT2D eigenvalue weighted by Gasteiger charge is -2.13. The van der Waals surface area contributed by atoms with E-state index in [1.165, 1.54) is 0 Å². The average molecular weight is 276 g/mol. The Hall–Kier alpha value is -1.88. The maximum absolute atomic E-state index is 11.7. The van der Waals surface area contributed by atoms with Crippen molar-refractivity contribution in [3.63, 3.8) is 0 Å². The molecule has 1 aliphatic rings. The number of carbonyl (C=O) groups is 2. The van der Waals surface area contributed by atoms with Gasteiger partial charge in [0, 0.05) is 19.0 Å². The van der Waals surface area contributed by atoms with E-state index in [0.29, 0.717) is 25.7 Å². The third-order valence-corrected chi connectivity index (χ3v) is 3.84. The van der Waals surface area contributed by atoms with Crippen molar-refractivity contribution >= 4 is 11.9 Å². The van der Waals surface area contributed by atoms with Crippen LogP contribution in [0.25, 0.3) is 0 Å². The molecule has 5 nitrogen and oxygen atoms in total. The summed E-state index contributed by atoms with van der Waals surface area (Å²) in [5, 5.41) is 11.7. The molecule has 1 amide bonds. The first kappa shape index (κ1) is 14.5. The lowest BCUT2D eigenvalue weighted by atomic mass is 10.0. The summed E-state index contributed by atoms with van der Waals surface area (Å²) in [7, 11) is 0. The second-order valence-corrected chi connectivity index (χ2v) is 5.42. The van der Waals surface area contributed by atoms with Gasteiger partial charge in [-0.25, -0.2) is 0 Å². The van der Waals surface area contributed by atoms with Crippen LogP contribution in [0.1, 0.15) is 37.3 Å². The summed E-state index contributed by atoms with van der Waals surface area (Å²) in [6, 6.07) is 9.46. The van der Waals surface area contributed by atoms with Crippen LogP contribution in [0.4, 0.5) is 0 Å². The molecule has 108 valence electrons. The van der Waals surface area contributed by atoms with E-state index in [9.17, 15) is 9.59 Å². The van der Waals surface area contributed by atoms with E-state index >= 15 is 0 Å². The Balaban J connectivity index is 1.72. The largest absolute Gasteiger partial charge is 0.481 e. The van der Waals surface area contributed by atoms with Gasteiger partial charge in [0.25, 0.3) is 0 Å². The standard InChI is InChI=1S/C15H20N2O3/c16-12(11-4-2-1-3-5-11)6-7-13(18)17-10-15(8-9-15)14(19)20/h1-5,12H,6-10,16H2,(H,17,18)(H,19,20). The first-order valence-corrected chi connectivity index (χ1v) is 6.84. The Bertz CT molecular complexity index is 483. The molecule has 1 atom stereocenters. The fourth-order valence-corrected chi connectivity index (χ4v) is 2.13. The number of amides is 1. The molecule has 5 heteroatoms. The summed E-state index contributed by atoms with van der Waals surface area (Å²) >= 11 is 0. The SMILES string of the molecule is NC(CCC(=O)NCC1(C(=O)O)CC1)c1ccccc1. The highest BCUT2D eigenvalue weighted by molar-refractivity contribution is 5.80. The average Bonchev–Trinajstić information content (AvgIpc) is 3.25. The maximum atomic E-state index is 11.7. The van der Waals surface area contributed by atoms with Gasteiger partial charge in [0.15, 0.2) is 0 Å². The molecule has 2 rings (SSSR count). The number of nitrogens with one attached hydrogen (secondary N) is 1. The highest BCUT2D eigenvalue weighted by atomic mass is 16.4. The quantitative estimate of drug-likeness (QED) is 0.702.